The number of hydrogen-bond donors (Lipinski definition) is 0. The minimum absolute atomic E-state index is 0.0259. The monoisotopic (exact) mass is 514 g/mol. The Hall–Kier alpha value is -2.67. The summed E-state index contributed by atoms with van der Waals surface area (Å²) in [5.74, 6) is -0.922. The second-order valence-corrected chi connectivity index (χ2v) is 9.83. The van der Waals surface area contributed by atoms with Crippen molar-refractivity contribution in [1.29, 1.82) is 0 Å². The normalized spacial score (nSPS) is 24.0. The zero-order chi connectivity index (χ0) is 26.2. The number of aryl methyl sites for hydroxylation is 2. The van der Waals surface area contributed by atoms with Gasteiger partial charge in [0, 0.05) is 23.9 Å². The van der Waals surface area contributed by atoms with Crippen molar-refractivity contribution in [3.05, 3.63) is 75.8 Å². The molecule has 2 aromatic rings. The highest BCUT2D eigenvalue weighted by atomic mass is 35.5. The van der Waals surface area contributed by atoms with Gasteiger partial charge in [-0.25, -0.2) is 4.79 Å². The summed E-state index contributed by atoms with van der Waals surface area (Å²) < 4.78 is 23.2. The molecule has 194 valence electrons. The lowest BCUT2D eigenvalue weighted by Crippen LogP contribution is -2.53. The second-order valence-electron chi connectivity index (χ2n) is 9.39. The molecular weight excluding hydrogens is 480 g/mol. The Morgan fingerprint density at radius 2 is 1.75 bits per heavy atom. The molecule has 5 unspecified atom stereocenters. The number of carbonyl (C=O) groups excluding carboxylic acids is 2. The summed E-state index contributed by atoms with van der Waals surface area (Å²) in [5.41, 5.74) is 4.36. The number of hydrogen-bond acceptors (Lipinski definition) is 6. The standard InChI is InChI=1S/C29H35ClO6/c1-18-6-7-24(16-19(18)2)10-13-27(32)34-17-26-20(3)21(4)28(35-22(5)31)29(36-26)33-15-14-23-8-11-25(30)12-9-23/h6-13,16,20-21,26,28-29H,14-15,17H2,1-5H3/b13-10+. The van der Waals surface area contributed by atoms with Crippen LogP contribution in [0.1, 0.15) is 43.0 Å². The van der Waals surface area contributed by atoms with Gasteiger partial charge in [0.05, 0.1) is 12.7 Å². The number of carbonyl (C=O) groups is 2. The van der Waals surface area contributed by atoms with Crippen molar-refractivity contribution in [3.63, 3.8) is 0 Å². The minimum Gasteiger partial charge on any atom is -0.460 e. The zero-order valence-corrected chi connectivity index (χ0v) is 22.3. The van der Waals surface area contributed by atoms with Crippen LogP contribution in [-0.2, 0) is 35.0 Å². The molecule has 0 saturated carbocycles. The van der Waals surface area contributed by atoms with Crippen molar-refractivity contribution in [2.75, 3.05) is 13.2 Å². The molecule has 0 spiro atoms. The minimum atomic E-state index is -0.762. The van der Waals surface area contributed by atoms with Gasteiger partial charge in [0.1, 0.15) is 6.61 Å². The maximum Gasteiger partial charge on any atom is 0.330 e. The van der Waals surface area contributed by atoms with Crippen molar-refractivity contribution in [3.8, 4) is 0 Å². The molecule has 3 rings (SSSR count). The molecule has 0 N–H and O–H groups in total. The lowest BCUT2D eigenvalue weighted by atomic mass is 9.83. The first-order valence-electron chi connectivity index (χ1n) is 12.2. The molecule has 1 aliphatic rings. The summed E-state index contributed by atoms with van der Waals surface area (Å²) in [5, 5.41) is 0.675. The SMILES string of the molecule is CC(=O)OC1C(OCCc2ccc(Cl)cc2)OC(COC(=O)/C=C/c2ccc(C)c(C)c2)C(C)C1C. The molecule has 2 aromatic carbocycles. The van der Waals surface area contributed by atoms with Crippen LogP contribution in [0.4, 0.5) is 0 Å². The highest BCUT2D eigenvalue weighted by Crippen LogP contribution is 2.33. The number of esters is 2. The van der Waals surface area contributed by atoms with Crippen molar-refractivity contribution in [2.45, 2.75) is 59.5 Å². The molecule has 7 heteroatoms. The quantitative estimate of drug-likeness (QED) is 0.316. The summed E-state index contributed by atoms with van der Waals surface area (Å²) in [4.78, 5) is 24.1. The summed E-state index contributed by atoms with van der Waals surface area (Å²) in [7, 11) is 0. The zero-order valence-electron chi connectivity index (χ0n) is 21.5. The van der Waals surface area contributed by atoms with E-state index in [0.717, 1.165) is 16.7 Å². The molecular formula is C29H35ClO6. The Labute approximate surface area is 218 Å². The summed E-state index contributed by atoms with van der Waals surface area (Å²) in [6, 6.07) is 13.5. The molecule has 1 fully saturated rings. The van der Waals surface area contributed by atoms with E-state index in [0.29, 0.717) is 18.1 Å². The molecule has 0 bridgehead atoms. The predicted molar refractivity (Wildman–Crippen MR) is 140 cm³/mol. The molecule has 1 heterocycles. The third kappa shape index (κ3) is 7.92. The fourth-order valence-corrected chi connectivity index (χ4v) is 4.25. The Morgan fingerprint density at radius 3 is 2.42 bits per heavy atom. The first-order chi connectivity index (χ1) is 17.1. The van der Waals surface area contributed by atoms with E-state index in [1.54, 1.807) is 6.08 Å². The van der Waals surface area contributed by atoms with Crippen LogP contribution in [-0.4, -0.2) is 43.7 Å². The molecule has 0 aliphatic carbocycles. The lowest BCUT2D eigenvalue weighted by Gasteiger charge is -2.43. The van der Waals surface area contributed by atoms with E-state index in [2.05, 4.69) is 0 Å². The van der Waals surface area contributed by atoms with E-state index in [9.17, 15) is 9.59 Å². The average molecular weight is 515 g/mol. The van der Waals surface area contributed by atoms with Crippen LogP contribution < -0.4 is 0 Å². The van der Waals surface area contributed by atoms with E-state index in [1.165, 1.54) is 18.6 Å². The third-order valence-corrected chi connectivity index (χ3v) is 6.98. The van der Waals surface area contributed by atoms with Crippen LogP contribution in [0.2, 0.25) is 5.02 Å². The van der Waals surface area contributed by atoms with Gasteiger partial charge in [-0.15, -0.1) is 0 Å². The van der Waals surface area contributed by atoms with Gasteiger partial charge in [0.15, 0.2) is 12.4 Å². The van der Waals surface area contributed by atoms with Crippen molar-refractivity contribution < 1.29 is 28.5 Å². The van der Waals surface area contributed by atoms with Crippen LogP contribution in [0.5, 0.6) is 0 Å². The first-order valence-corrected chi connectivity index (χ1v) is 12.6. The number of rotatable bonds is 9. The van der Waals surface area contributed by atoms with Gasteiger partial charge in [0.2, 0.25) is 0 Å². The van der Waals surface area contributed by atoms with Gasteiger partial charge in [0.25, 0.3) is 0 Å². The van der Waals surface area contributed by atoms with Gasteiger partial charge < -0.3 is 18.9 Å². The van der Waals surface area contributed by atoms with Gasteiger partial charge >= 0.3 is 11.9 Å². The highest BCUT2D eigenvalue weighted by Gasteiger charge is 2.44. The maximum absolute atomic E-state index is 12.4. The largest absolute Gasteiger partial charge is 0.460 e. The molecule has 0 amide bonds. The molecule has 0 radical (unpaired) electrons. The van der Waals surface area contributed by atoms with Gasteiger partial charge in [-0.1, -0.05) is 55.8 Å². The van der Waals surface area contributed by atoms with Crippen LogP contribution in [0.3, 0.4) is 0 Å². The van der Waals surface area contributed by atoms with E-state index < -0.39 is 30.4 Å². The van der Waals surface area contributed by atoms with Gasteiger partial charge in [-0.2, -0.15) is 0 Å². The second kappa shape index (κ2) is 13.0. The summed E-state index contributed by atoms with van der Waals surface area (Å²) >= 11 is 5.96. The summed E-state index contributed by atoms with van der Waals surface area (Å²) in [6.45, 7) is 9.88. The van der Waals surface area contributed by atoms with E-state index in [1.807, 2.05) is 70.2 Å². The van der Waals surface area contributed by atoms with Gasteiger partial charge in [-0.3, -0.25) is 4.79 Å². The predicted octanol–water partition coefficient (Wildman–Crippen LogP) is 5.70. The van der Waals surface area contributed by atoms with Crippen LogP contribution in [0, 0.1) is 25.7 Å². The average Bonchev–Trinajstić information content (AvgIpc) is 2.84. The van der Waals surface area contributed by atoms with Gasteiger partial charge in [-0.05, 0) is 66.6 Å². The van der Waals surface area contributed by atoms with E-state index in [4.69, 9.17) is 30.5 Å². The molecule has 1 aliphatic heterocycles. The first kappa shape index (κ1) is 27.9. The fraction of sp³-hybridized carbons (Fsp3) is 0.448. The van der Waals surface area contributed by atoms with E-state index >= 15 is 0 Å². The lowest BCUT2D eigenvalue weighted by molar-refractivity contribution is -0.279. The smallest absolute Gasteiger partial charge is 0.330 e. The Balaban J connectivity index is 1.59. The Kier molecular flexibility index (Phi) is 10.1. The number of halogens is 1. The summed E-state index contributed by atoms with van der Waals surface area (Å²) in [6.07, 6.45) is 2.09. The number of ether oxygens (including phenoxy) is 4. The van der Waals surface area contributed by atoms with Crippen LogP contribution >= 0.6 is 11.6 Å². The highest BCUT2D eigenvalue weighted by molar-refractivity contribution is 6.30. The number of benzene rings is 2. The molecule has 36 heavy (non-hydrogen) atoms. The third-order valence-electron chi connectivity index (χ3n) is 6.73. The maximum atomic E-state index is 12.4. The Morgan fingerprint density at radius 1 is 1.03 bits per heavy atom. The van der Waals surface area contributed by atoms with Crippen molar-refractivity contribution in [1.82, 2.24) is 0 Å². The molecule has 0 aromatic heterocycles. The molecule has 1 saturated heterocycles. The van der Waals surface area contributed by atoms with Crippen molar-refractivity contribution in [2.24, 2.45) is 11.8 Å². The fourth-order valence-electron chi connectivity index (χ4n) is 4.13. The van der Waals surface area contributed by atoms with E-state index in [-0.39, 0.29) is 18.4 Å². The van der Waals surface area contributed by atoms with Crippen LogP contribution in [0.25, 0.3) is 6.08 Å². The topological polar surface area (TPSA) is 71.1 Å². The van der Waals surface area contributed by atoms with Crippen molar-refractivity contribution >= 4 is 29.6 Å². The Bertz CT molecular complexity index is 1060. The van der Waals surface area contributed by atoms with Crippen LogP contribution in [0.15, 0.2) is 48.5 Å². The molecule has 5 atom stereocenters. The molecule has 6 nitrogen and oxygen atoms in total.